The molecule has 0 atom stereocenters. The van der Waals surface area contributed by atoms with Crippen molar-refractivity contribution in [3.63, 3.8) is 0 Å². The number of nitrogens with zero attached hydrogens (tertiary/aromatic N) is 1. The molecule has 2 heterocycles. The van der Waals surface area contributed by atoms with Crippen molar-refractivity contribution < 1.29 is 23.5 Å². The van der Waals surface area contributed by atoms with E-state index in [0.717, 1.165) is 30.4 Å². The summed E-state index contributed by atoms with van der Waals surface area (Å²) in [5.74, 6) is -0.0863. The lowest BCUT2D eigenvalue weighted by molar-refractivity contribution is -0.134. The largest absolute Gasteiger partial charge is 0.492 e. The third-order valence-electron chi connectivity index (χ3n) is 7.81. The normalized spacial score (nSPS) is 19.1. The molecule has 0 aromatic heterocycles. The highest BCUT2D eigenvalue weighted by atomic mass is 19.1. The fraction of sp³-hybridized carbons (Fsp3) is 0.500. The van der Waals surface area contributed by atoms with Crippen molar-refractivity contribution in [2.75, 3.05) is 44.6 Å². The number of carbonyl (C=O) groups excluding carboxylic acids is 3. The molecule has 2 aromatic rings. The van der Waals surface area contributed by atoms with Crippen LogP contribution in [0.5, 0.6) is 5.75 Å². The molecule has 1 saturated heterocycles. The Morgan fingerprint density at radius 1 is 1.00 bits per heavy atom. The van der Waals surface area contributed by atoms with Crippen molar-refractivity contribution in [2.24, 2.45) is 5.41 Å². The lowest BCUT2D eigenvalue weighted by Gasteiger charge is -2.40. The number of aryl methyl sites for hydroxylation is 2. The van der Waals surface area contributed by atoms with Gasteiger partial charge in [0.05, 0.1) is 24.1 Å². The summed E-state index contributed by atoms with van der Waals surface area (Å²) in [4.78, 5) is 40.9. The predicted octanol–water partition coefficient (Wildman–Crippen LogP) is 3.96. The number of benzene rings is 2. The predicted molar refractivity (Wildman–Crippen MR) is 148 cm³/mol. The van der Waals surface area contributed by atoms with Gasteiger partial charge in [0.1, 0.15) is 11.6 Å². The van der Waals surface area contributed by atoms with Gasteiger partial charge < -0.3 is 20.7 Å². The quantitative estimate of drug-likeness (QED) is 0.550. The van der Waals surface area contributed by atoms with Crippen LogP contribution in [0.15, 0.2) is 36.4 Å². The molecule has 0 aliphatic carbocycles. The Morgan fingerprint density at radius 2 is 1.77 bits per heavy atom. The minimum atomic E-state index is -0.503. The number of rotatable bonds is 3. The number of nitrogens with one attached hydrogen (secondary N) is 3. The highest BCUT2D eigenvalue weighted by Crippen LogP contribution is 2.37. The molecule has 1 fully saturated rings. The molecule has 8 nitrogen and oxygen atoms in total. The zero-order valence-electron chi connectivity index (χ0n) is 22.9. The van der Waals surface area contributed by atoms with Crippen LogP contribution in [-0.4, -0.2) is 62.0 Å². The molecule has 0 unspecified atom stereocenters. The van der Waals surface area contributed by atoms with Gasteiger partial charge in [-0.1, -0.05) is 24.6 Å². The Balaban J connectivity index is 1.34. The number of ether oxygens (including phenoxy) is 1. The standard InChI is InChI=1S/C30H39FN4O4/c1-21-9-10-23(31)19-25(21)34-26(36)20-35-16-12-30(13-17-35)11-3-4-14-32-28(37)24-8-5-7-22(2)27(24)39-18-6-15-33-29(30)38/h5,7-10,19H,3-4,6,11-18,20H2,1-2H3,(H,32,37)(H,33,38)(H,34,36). The first-order valence-corrected chi connectivity index (χ1v) is 13.8. The summed E-state index contributed by atoms with van der Waals surface area (Å²) < 4.78 is 19.6. The smallest absolute Gasteiger partial charge is 0.255 e. The van der Waals surface area contributed by atoms with Crippen LogP contribution >= 0.6 is 0 Å². The minimum absolute atomic E-state index is 0.0532. The summed E-state index contributed by atoms with van der Waals surface area (Å²) in [6.45, 7) is 6.59. The molecule has 3 N–H and O–H groups in total. The van der Waals surface area contributed by atoms with Gasteiger partial charge in [0.2, 0.25) is 11.8 Å². The maximum atomic E-state index is 13.6. The van der Waals surface area contributed by atoms with Crippen molar-refractivity contribution in [2.45, 2.75) is 52.4 Å². The van der Waals surface area contributed by atoms with E-state index in [9.17, 15) is 18.8 Å². The average Bonchev–Trinajstić information content (AvgIpc) is 2.91. The zero-order valence-corrected chi connectivity index (χ0v) is 22.9. The summed E-state index contributed by atoms with van der Waals surface area (Å²) >= 11 is 0. The van der Waals surface area contributed by atoms with Crippen LogP contribution in [0, 0.1) is 25.1 Å². The van der Waals surface area contributed by atoms with Gasteiger partial charge in [0.15, 0.2) is 0 Å². The van der Waals surface area contributed by atoms with Crippen LogP contribution in [0.25, 0.3) is 0 Å². The van der Waals surface area contributed by atoms with Gasteiger partial charge in [-0.15, -0.1) is 0 Å². The van der Waals surface area contributed by atoms with Gasteiger partial charge in [-0.05, 0) is 88.4 Å². The molecular weight excluding hydrogens is 499 g/mol. The van der Waals surface area contributed by atoms with Crippen LogP contribution in [0.3, 0.4) is 0 Å². The highest BCUT2D eigenvalue weighted by Gasteiger charge is 2.40. The third-order valence-corrected chi connectivity index (χ3v) is 7.81. The molecule has 2 aliphatic heterocycles. The summed E-state index contributed by atoms with van der Waals surface area (Å²) in [5.41, 5.74) is 2.21. The molecule has 9 heteroatoms. The number of piperidine rings is 1. The fourth-order valence-corrected chi connectivity index (χ4v) is 5.40. The average molecular weight is 539 g/mol. The van der Waals surface area contributed by atoms with Crippen molar-refractivity contribution >= 4 is 23.4 Å². The van der Waals surface area contributed by atoms with E-state index in [1.54, 1.807) is 12.1 Å². The Hall–Kier alpha value is -3.46. The third kappa shape index (κ3) is 7.35. The van der Waals surface area contributed by atoms with Crippen LogP contribution in [0.1, 0.15) is 60.0 Å². The lowest BCUT2D eigenvalue weighted by atomic mass is 9.73. The first-order valence-electron chi connectivity index (χ1n) is 13.8. The lowest BCUT2D eigenvalue weighted by Crippen LogP contribution is -2.50. The van der Waals surface area contributed by atoms with Gasteiger partial charge in [-0.3, -0.25) is 19.3 Å². The molecule has 210 valence electrons. The van der Waals surface area contributed by atoms with Crippen molar-refractivity contribution in [1.29, 1.82) is 0 Å². The minimum Gasteiger partial charge on any atom is -0.492 e. The first kappa shape index (κ1) is 28.5. The Labute approximate surface area is 229 Å². The van der Waals surface area contributed by atoms with E-state index in [2.05, 4.69) is 16.0 Å². The molecule has 39 heavy (non-hydrogen) atoms. The van der Waals surface area contributed by atoms with Gasteiger partial charge in [0.25, 0.3) is 5.91 Å². The van der Waals surface area contributed by atoms with Crippen LogP contribution < -0.4 is 20.7 Å². The van der Waals surface area contributed by atoms with E-state index in [-0.39, 0.29) is 24.3 Å². The zero-order chi connectivity index (χ0) is 27.8. The number of likely N-dealkylation sites (tertiary alicyclic amines) is 1. The Bertz CT molecular complexity index is 1190. The molecule has 0 radical (unpaired) electrons. The maximum Gasteiger partial charge on any atom is 0.255 e. The SMILES string of the molecule is Cc1ccc(F)cc1NC(=O)CN1CCC2(CCCCNC(=O)c3cccc(C)c3OCCCNC2=O)CC1. The van der Waals surface area contributed by atoms with Gasteiger partial charge in [-0.25, -0.2) is 4.39 Å². The second-order valence-electron chi connectivity index (χ2n) is 10.7. The molecular formula is C30H39FN4O4. The number of para-hydroxylation sites is 1. The van der Waals surface area contributed by atoms with Gasteiger partial charge in [-0.2, -0.15) is 0 Å². The van der Waals surface area contributed by atoms with Crippen molar-refractivity contribution in [3.8, 4) is 5.75 Å². The summed E-state index contributed by atoms with van der Waals surface area (Å²) in [7, 11) is 0. The summed E-state index contributed by atoms with van der Waals surface area (Å²) in [6.07, 6.45) is 4.23. The highest BCUT2D eigenvalue weighted by molar-refractivity contribution is 5.97. The second-order valence-corrected chi connectivity index (χ2v) is 10.7. The molecule has 2 aromatic carbocycles. The van der Waals surface area contributed by atoms with Crippen LogP contribution in [0.2, 0.25) is 0 Å². The van der Waals surface area contributed by atoms with Crippen LogP contribution in [-0.2, 0) is 9.59 Å². The Kier molecular flexibility index (Phi) is 9.56. The van der Waals surface area contributed by atoms with E-state index in [4.69, 9.17) is 4.74 Å². The van der Waals surface area contributed by atoms with Gasteiger partial charge in [0, 0.05) is 18.8 Å². The monoisotopic (exact) mass is 538 g/mol. The number of amides is 3. The molecule has 4 rings (SSSR count). The summed E-state index contributed by atoms with van der Waals surface area (Å²) in [5, 5.41) is 8.93. The number of fused-ring (bicyclic) bond motifs is 1. The first-order chi connectivity index (χ1) is 18.8. The second kappa shape index (κ2) is 13.1. The maximum absolute atomic E-state index is 13.6. The van der Waals surface area contributed by atoms with Crippen molar-refractivity contribution in [3.05, 3.63) is 58.9 Å². The number of halogens is 1. The van der Waals surface area contributed by atoms with E-state index in [0.29, 0.717) is 69.0 Å². The summed E-state index contributed by atoms with van der Waals surface area (Å²) in [6, 6.07) is 9.89. The topological polar surface area (TPSA) is 99.8 Å². The number of carbonyl (C=O) groups is 3. The van der Waals surface area contributed by atoms with E-state index in [1.807, 2.05) is 30.9 Å². The molecule has 0 bridgehead atoms. The molecule has 0 saturated carbocycles. The van der Waals surface area contributed by atoms with E-state index >= 15 is 0 Å². The number of hydrogen-bond donors (Lipinski definition) is 3. The van der Waals surface area contributed by atoms with E-state index in [1.165, 1.54) is 12.1 Å². The molecule has 1 spiro atoms. The fourth-order valence-electron chi connectivity index (χ4n) is 5.40. The Morgan fingerprint density at radius 3 is 2.56 bits per heavy atom. The van der Waals surface area contributed by atoms with Gasteiger partial charge >= 0.3 is 0 Å². The van der Waals surface area contributed by atoms with E-state index < -0.39 is 11.2 Å². The molecule has 2 aliphatic rings. The van der Waals surface area contributed by atoms with Crippen molar-refractivity contribution in [1.82, 2.24) is 15.5 Å². The number of hydrogen-bond acceptors (Lipinski definition) is 5. The number of anilines is 1. The van der Waals surface area contributed by atoms with Crippen LogP contribution in [0.4, 0.5) is 10.1 Å². The molecule has 3 amide bonds.